The first-order chi connectivity index (χ1) is 10.2. The van der Waals surface area contributed by atoms with E-state index in [0.29, 0.717) is 0 Å². The van der Waals surface area contributed by atoms with Crippen molar-refractivity contribution in [3.63, 3.8) is 0 Å². The minimum absolute atomic E-state index is 0.128. The highest BCUT2D eigenvalue weighted by Gasteiger charge is 2.18. The molecule has 1 aromatic carbocycles. The highest BCUT2D eigenvalue weighted by atomic mass is 16.5. The zero-order valence-corrected chi connectivity index (χ0v) is 11.5. The Morgan fingerprint density at radius 2 is 2.24 bits per heavy atom. The van der Waals surface area contributed by atoms with Crippen LogP contribution in [0.25, 0.3) is 16.5 Å². The topological polar surface area (TPSA) is 83.0 Å². The van der Waals surface area contributed by atoms with Gasteiger partial charge in [0, 0.05) is 23.2 Å². The molecule has 0 unspecified atom stereocenters. The third kappa shape index (κ3) is 2.20. The van der Waals surface area contributed by atoms with Gasteiger partial charge in [0.1, 0.15) is 12.1 Å². The number of hydrogen-bond acceptors (Lipinski definition) is 5. The highest BCUT2D eigenvalue weighted by molar-refractivity contribution is 5.94. The Morgan fingerprint density at radius 1 is 1.38 bits per heavy atom. The summed E-state index contributed by atoms with van der Waals surface area (Å²) in [5, 5.41) is 1.97. The van der Waals surface area contributed by atoms with Gasteiger partial charge in [-0.2, -0.15) is 0 Å². The first-order valence-electron chi connectivity index (χ1n) is 6.55. The molecular formula is C15H14N4O2. The van der Waals surface area contributed by atoms with Crippen molar-refractivity contribution in [1.29, 1.82) is 0 Å². The number of rotatable bonds is 3. The molecule has 0 aliphatic heterocycles. The number of pyridine rings is 1. The summed E-state index contributed by atoms with van der Waals surface area (Å²) >= 11 is 0. The molecule has 106 valence electrons. The molecular weight excluding hydrogens is 268 g/mol. The predicted octanol–water partition coefficient (Wildman–Crippen LogP) is 2.18. The molecule has 6 heteroatoms. The monoisotopic (exact) mass is 282 g/mol. The zero-order chi connectivity index (χ0) is 14.8. The van der Waals surface area contributed by atoms with Crippen LogP contribution in [0.2, 0.25) is 0 Å². The number of benzene rings is 1. The Bertz CT molecular complexity index is 805. The summed E-state index contributed by atoms with van der Waals surface area (Å²) in [5.41, 5.74) is 7.01. The van der Waals surface area contributed by atoms with Gasteiger partial charge in [0.05, 0.1) is 12.3 Å². The van der Waals surface area contributed by atoms with Crippen molar-refractivity contribution >= 4 is 22.6 Å². The van der Waals surface area contributed by atoms with E-state index in [4.69, 9.17) is 10.5 Å². The van der Waals surface area contributed by atoms with Gasteiger partial charge < -0.3 is 10.5 Å². The normalized spacial score (nSPS) is 10.7. The summed E-state index contributed by atoms with van der Waals surface area (Å²) in [6, 6.07) is 7.68. The number of anilines is 1. The Kier molecular flexibility index (Phi) is 3.27. The molecule has 0 radical (unpaired) electrons. The SMILES string of the molecule is CCOC(=O)c1ncn(-c2cccc3cnccc23)c1N. The van der Waals surface area contributed by atoms with Gasteiger partial charge in [-0.1, -0.05) is 12.1 Å². The molecule has 0 saturated carbocycles. The fourth-order valence-electron chi connectivity index (χ4n) is 2.22. The van der Waals surface area contributed by atoms with Gasteiger partial charge in [-0.3, -0.25) is 9.55 Å². The van der Waals surface area contributed by atoms with Crippen molar-refractivity contribution in [2.24, 2.45) is 0 Å². The minimum Gasteiger partial charge on any atom is -0.461 e. The lowest BCUT2D eigenvalue weighted by atomic mass is 10.1. The summed E-state index contributed by atoms with van der Waals surface area (Å²) in [5.74, 6) is -0.256. The number of nitrogen functional groups attached to an aromatic ring is 1. The second kappa shape index (κ2) is 5.24. The first-order valence-corrected chi connectivity index (χ1v) is 6.55. The largest absolute Gasteiger partial charge is 0.461 e. The van der Waals surface area contributed by atoms with Crippen LogP contribution in [0.3, 0.4) is 0 Å². The summed E-state index contributed by atoms with van der Waals surface area (Å²) < 4.78 is 6.62. The van der Waals surface area contributed by atoms with Crippen LogP contribution >= 0.6 is 0 Å². The van der Waals surface area contributed by atoms with Gasteiger partial charge in [0.15, 0.2) is 5.69 Å². The Labute approximate surface area is 121 Å². The smallest absolute Gasteiger partial charge is 0.360 e. The van der Waals surface area contributed by atoms with E-state index >= 15 is 0 Å². The zero-order valence-electron chi connectivity index (χ0n) is 11.5. The number of aromatic nitrogens is 3. The Balaban J connectivity index is 2.14. The van der Waals surface area contributed by atoms with Crippen LogP contribution < -0.4 is 5.73 Å². The Morgan fingerprint density at radius 3 is 3.05 bits per heavy atom. The summed E-state index contributed by atoms with van der Waals surface area (Å²) in [4.78, 5) is 19.9. The number of fused-ring (bicyclic) bond motifs is 1. The van der Waals surface area contributed by atoms with Crippen LogP contribution in [-0.4, -0.2) is 27.1 Å². The number of imidazole rings is 1. The quantitative estimate of drug-likeness (QED) is 0.744. The van der Waals surface area contributed by atoms with E-state index in [1.165, 1.54) is 6.33 Å². The van der Waals surface area contributed by atoms with Gasteiger partial charge in [-0.15, -0.1) is 0 Å². The maximum absolute atomic E-state index is 11.8. The third-order valence-corrected chi connectivity index (χ3v) is 3.19. The van der Waals surface area contributed by atoms with Crippen LogP contribution in [0.4, 0.5) is 5.82 Å². The number of hydrogen-bond donors (Lipinski definition) is 1. The maximum Gasteiger partial charge on any atom is 0.360 e. The second-order valence-electron chi connectivity index (χ2n) is 4.44. The van der Waals surface area contributed by atoms with Crippen molar-refractivity contribution in [2.75, 3.05) is 12.3 Å². The standard InChI is InChI=1S/C15H14N4O2/c1-2-21-15(20)13-14(16)19(9-18-13)12-5-3-4-10-8-17-7-6-11(10)12/h3-9H,2,16H2,1H3. The van der Waals surface area contributed by atoms with Crippen LogP contribution in [0.15, 0.2) is 43.0 Å². The number of carbonyl (C=O) groups excluding carboxylic acids is 1. The maximum atomic E-state index is 11.8. The molecule has 0 fully saturated rings. The fraction of sp³-hybridized carbons (Fsp3) is 0.133. The van der Waals surface area contributed by atoms with Gasteiger partial charge in [-0.25, -0.2) is 9.78 Å². The van der Waals surface area contributed by atoms with Crippen LogP contribution in [0.1, 0.15) is 17.4 Å². The number of carbonyl (C=O) groups is 1. The van der Waals surface area contributed by atoms with Crippen molar-refractivity contribution in [3.8, 4) is 5.69 Å². The number of nitrogens with two attached hydrogens (primary N) is 1. The molecule has 6 nitrogen and oxygen atoms in total. The first kappa shape index (κ1) is 13.1. The molecule has 0 spiro atoms. The average Bonchev–Trinajstić information content (AvgIpc) is 2.88. The molecule has 0 saturated heterocycles. The van der Waals surface area contributed by atoms with Crippen molar-refractivity contribution in [2.45, 2.75) is 6.92 Å². The summed E-state index contributed by atoms with van der Waals surface area (Å²) in [7, 11) is 0. The van der Waals surface area contributed by atoms with Crippen LogP contribution in [-0.2, 0) is 4.74 Å². The second-order valence-corrected chi connectivity index (χ2v) is 4.44. The highest BCUT2D eigenvalue weighted by Crippen LogP contribution is 2.25. The van der Waals surface area contributed by atoms with E-state index in [2.05, 4.69) is 9.97 Å². The molecule has 3 rings (SSSR count). The van der Waals surface area contributed by atoms with Crippen molar-refractivity contribution in [1.82, 2.24) is 14.5 Å². The average molecular weight is 282 g/mol. The summed E-state index contributed by atoms with van der Waals surface area (Å²) in [6.07, 6.45) is 5.01. The van der Waals surface area contributed by atoms with E-state index in [9.17, 15) is 4.79 Å². The molecule has 0 bridgehead atoms. The molecule has 0 aliphatic rings. The van der Waals surface area contributed by atoms with E-state index in [-0.39, 0.29) is 18.1 Å². The van der Waals surface area contributed by atoms with E-state index in [1.807, 2.05) is 24.3 Å². The summed E-state index contributed by atoms with van der Waals surface area (Å²) in [6.45, 7) is 2.02. The molecule has 0 atom stereocenters. The number of nitrogens with zero attached hydrogens (tertiary/aromatic N) is 3. The number of esters is 1. The fourth-order valence-corrected chi connectivity index (χ4v) is 2.22. The van der Waals surface area contributed by atoms with E-state index in [1.54, 1.807) is 23.9 Å². The molecule has 21 heavy (non-hydrogen) atoms. The lowest BCUT2D eigenvalue weighted by Crippen LogP contribution is -2.09. The van der Waals surface area contributed by atoms with Gasteiger partial charge in [-0.05, 0) is 19.1 Å². The van der Waals surface area contributed by atoms with E-state index in [0.717, 1.165) is 16.5 Å². The Hall–Kier alpha value is -2.89. The van der Waals surface area contributed by atoms with Crippen LogP contribution in [0, 0.1) is 0 Å². The van der Waals surface area contributed by atoms with Gasteiger partial charge in [0.2, 0.25) is 0 Å². The predicted molar refractivity (Wildman–Crippen MR) is 79.2 cm³/mol. The molecule has 2 aromatic heterocycles. The van der Waals surface area contributed by atoms with E-state index < -0.39 is 5.97 Å². The van der Waals surface area contributed by atoms with Crippen molar-refractivity contribution < 1.29 is 9.53 Å². The van der Waals surface area contributed by atoms with Gasteiger partial charge >= 0.3 is 5.97 Å². The van der Waals surface area contributed by atoms with Crippen LogP contribution in [0.5, 0.6) is 0 Å². The molecule has 2 N–H and O–H groups in total. The number of ether oxygens (including phenoxy) is 1. The van der Waals surface area contributed by atoms with Gasteiger partial charge in [0.25, 0.3) is 0 Å². The molecule has 0 amide bonds. The molecule has 2 heterocycles. The van der Waals surface area contributed by atoms with Crippen molar-refractivity contribution in [3.05, 3.63) is 48.7 Å². The lowest BCUT2D eigenvalue weighted by molar-refractivity contribution is 0.0521. The lowest BCUT2D eigenvalue weighted by Gasteiger charge is -2.09. The molecule has 0 aliphatic carbocycles. The third-order valence-electron chi connectivity index (χ3n) is 3.19. The molecule has 3 aromatic rings. The minimum atomic E-state index is -0.518.